The number of carbonyl (C=O) groups is 2. The molecule has 2 aliphatic heterocycles. The molecule has 5 heteroatoms. The van der Waals surface area contributed by atoms with Crippen LogP contribution in [0.1, 0.15) is 64.7 Å². The Labute approximate surface area is 142 Å². The summed E-state index contributed by atoms with van der Waals surface area (Å²) in [5.74, 6) is 2.28. The Kier molecular flexibility index (Phi) is 4.11. The topological polar surface area (TPSA) is 46.6 Å². The van der Waals surface area contributed by atoms with Crippen molar-refractivity contribution in [2.45, 2.75) is 81.7 Å². The molecule has 0 unspecified atom stereocenters. The van der Waals surface area contributed by atoms with E-state index < -0.39 is 0 Å². The van der Waals surface area contributed by atoms with Crippen molar-refractivity contribution in [1.82, 2.24) is 4.90 Å². The Morgan fingerprint density at radius 2 is 2.00 bits per heavy atom. The van der Waals surface area contributed by atoms with Gasteiger partial charge in [0.05, 0.1) is 4.87 Å². The third-order valence-corrected chi connectivity index (χ3v) is 8.00. The Hall–Kier alpha value is -0.710. The van der Waals surface area contributed by atoms with Crippen LogP contribution in [-0.2, 0) is 14.3 Å². The number of fused-ring (bicyclic) bond motifs is 2. The van der Waals surface area contributed by atoms with Gasteiger partial charge in [0.25, 0.3) is 0 Å². The maximum atomic E-state index is 12.7. The van der Waals surface area contributed by atoms with E-state index in [0.717, 1.165) is 31.1 Å². The minimum absolute atomic E-state index is 0.0800. The first-order valence-corrected chi connectivity index (χ1v) is 10.2. The summed E-state index contributed by atoms with van der Waals surface area (Å²) in [5.41, 5.74) is 0. The van der Waals surface area contributed by atoms with Crippen molar-refractivity contribution < 1.29 is 14.3 Å². The molecule has 4 rings (SSSR count). The van der Waals surface area contributed by atoms with Crippen molar-refractivity contribution in [3.8, 4) is 0 Å². The van der Waals surface area contributed by atoms with Crippen molar-refractivity contribution in [2.24, 2.45) is 11.8 Å². The minimum atomic E-state index is -0.357. The molecule has 2 saturated carbocycles. The molecule has 1 amide bonds. The van der Waals surface area contributed by atoms with Crippen molar-refractivity contribution in [2.75, 3.05) is 5.75 Å². The fourth-order valence-electron chi connectivity index (χ4n) is 5.18. The molecule has 4 aliphatic rings. The standard InChI is InChI=1S/C18H27NO3S/c1-18-9-8-16(20)19(18)15(11-23-18)17(21)22-14-7-6-12-4-2-3-5-13(12)10-14/h12-15H,2-11H2,1H3/t12-,13-,14+,15-,18-/m0/s1. The summed E-state index contributed by atoms with van der Waals surface area (Å²) in [4.78, 5) is 26.5. The number of ether oxygens (including phenoxy) is 1. The fraction of sp³-hybridized carbons (Fsp3) is 0.889. The highest BCUT2D eigenvalue weighted by Gasteiger charge is 2.53. The molecule has 0 aromatic carbocycles. The first-order chi connectivity index (χ1) is 11.1. The molecule has 2 heterocycles. The van der Waals surface area contributed by atoms with Crippen LogP contribution < -0.4 is 0 Å². The van der Waals surface area contributed by atoms with Crippen LogP contribution in [0.5, 0.6) is 0 Å². The van der Waals surface area contributed by atoms with Crippen molar-refractivity contribution in [3.05, 3.63) is 0 Å². The van der Waals surface area contributed by atoms with Crippen LogP contribution in [0.4, 0.5) is 0 Å². The van der Waals surface area contributed by atoms with Gasteiger partial charge in [0.15, 0.2) is 0 Å². The Bertz CT molecular complexity index is 510. The zero-order valence-electron chi connectivity index (χ0n) is 14.0. The van der Waals surface area contributed by atoms with Gasteiger partial charge in [-0.1, -0.05) is 25.7 Å². The van der Waals surface area contributed by atoms with E-state index in [4.69, 9.17) is 4.74 Å². The highest BCUT2D eigenvalue weighted by molar-refractivity contribution is 8.01. The molecule has 23 heavy (non-hydrogen) atoms. The van der Waals surface area contributed by atoms with Gasteiger partial charge in [-0.25, -0.2) is 4.79 Å². The smallest absolute Gasteiger partial charge is 0.330 e. The van der Waals surface area contributed by atoms with E-state index in [-0.39, 0.29) is 28.9 Å². The molecule has 2 aliphatic carbocycles. The third kappa shape index (κ3) is 2.79. The molecule has 0 N–H and O–H groups in total. The van der Waals surface area contributed by atoms with Gasteiger partial charge in [-0.2, -0.15) is 0 Å². The van der Waals surface area contributed by atoms with Gasteiger partial charge in [-0.3, -0.25) is 4.79 Å². The third-order valence-electron chi connectivity index (χ3n) is 6.49. The van der Waals surface area contributed by atoms with Crippen molar-refractivity contribution in [1.29, 1.82) is 0 Å². The van der Waals surface area contributed by atoms with Crippen LogP contribution >= 0.6 is 11.8 Å². The molecule has 4 nitrogen and oxygen atoms in total. The summed E-state index contributed by atoms with van der Waals surface area (Å²) in [6.45, 7) is 2.09. The first-order valence-electron chi connectivity index (χ1n) is 9.23. The number of thioether (sulfide) groups is 1. The summed E-state index contributed by atoms with van der Waals surface area (Å²) in [7, 11) is 0. The molecular weight excluding hydrogens is 310 g/mol. The van der Waals surface area contributed by atoms with Crippen molar-refractivity contribution in [3.63, 3.8) is 0 Å². The van der Waals surface area contributed by atoms with E-state index in [1.54, 1.807) is 11.8 Å². The average Bonchev–Trinajstić information content (AvgIpc) is 3.04. The summed E-state index contributed by atoms with van der Waals surface area (Å²) in [5, 5.41) is 0. The van der Waals surface area contributed by atoms with E-state index in [1.807, 2.05) is 4.90 Å². The predicted molar refractivity (Wildman–Crippen MR) is 89.9 cm³/mol. The SMILES string of the molecule is C[C@]12CCC(=O)N1[C@H](C(=O)O[C@@H]1CC[C@@H]3CCCC[C@H]3C1)CS2. The van der Waals surface area contributed by atoms with E-state index in [1.165, 1.54) is 32.1 Å². The van der Waals surface area contributed by atoms with Crippen LogP contribution in [0.25, 0.3) is 0 Å². The van der Waals surface area contributed by atoms with Crippen LogP contribution in [0.2, 0.25) is 0 Å². The molecule has 0 spiro atoms. The minimum Gasteiger partial charge on any atom is -0.461 e. The normalized spacial score (nSPS) is 43.2. The van der Waals surface area contributed by atoms with Crippen LogP contribution in [0.3, 0.4) is 0 Å². The van der Waals surface area contributed by atoms with Gasteiger partial charge >= 0.3 is 5.97 Å². The first kappa shape index (κ1) is 15.8. The van der Waals surface area contributed by atoms with E-state index >= 15 is 0 Å². The van der Waals surface area contributed by atoms with E-state index in [2.05, 4.69) is 6.92 Å². The van der Waals surface area contributed by atoms with E-state index in [0.29, 0.717) is 12.2 Å². The second-order valence-electron chi connectivity index (χ2n) is 7.94. The van der Waals surface area contributed by atoms with Crippen LogP contribution in [-0.4, -0.2) is 39.5 Å². The zero-order chi connectivity index (χ0) is 16.0. The maximum Gasteiger partial charge on any atom is 0.330 e. The van der Waals surface area contributed by atoms with Crippen LogP contribution in [0, 0.1) is 11.8 Å². The number of amides is 1. The summed E-state index contributed by atoms with van der Waals surface area (Å²) in [6.07, 6.45) is 10.2. The van der Waals surface area contributed by atoms with Gasteiger partial charge in [0, 0.05) is 12.2 Å². The molecule has 0 aromatic heterocycles. The number of esters is 1. The lowest BCUT2D eigenvalue weighted by atomic mass is 9.70. The Morgan fingerprint density at radius 3 is 2.83 bits per heavy atom. The lowest BCUT2D eigenvalue weighted by Gasteiger charge is -2.39. The van der Waals surface area contributed by atoms with Gasteiger partial charge < -0.3 is 9.64 Å². The number of nitrogens with zero attached hydrogens (tertiary/aromatic N) is 1. The molecule has 128 valence electrons. The van der Waals surface area contributed by atoms with Gasteiger partial charge in [-0.05, 0) is 44.4 Å². The molecule has 0 aromatic rings. The highest BCUT2D eigenvalue weighted by atomic mass is 32.2. The molecule has 4 fully saturated rings. The fourth-order valence-corrected chi connectivity index (χ4v) is 6.59. The highest BCUT2D eigenvalue weighted by Crippen LogP contribution is 2.48. The molecular formula is C18H27NO3S. The summed E-state index contributed by atoms with van der Waals surface area (Å²) < 4.78 is 5.88. The Balaban J connectivity index is 1.38. The lowest BCUT2D eigenvalue weighted by molar-refractivity contribution is -0.161. The van der Waals surface area contributed by atoms with E-state index in [9.17, 15) is 9.59 Å². The quantitative estimate of drug-likeness (QED) is 0.725. The van der Waals surface area contributed by atoms with Gasteiger partial charge in [-0.15, -0.1) is 11.8 Å². The summed E-state index contributed by atoms with van der Waals surface area (Å²) >= 11 is 1.74. The number of hydrogen-bond donors (Lipinski definition) is 0. The Morgan fingerprint density at radius 1 is 1.22 bits per heavy atom. The lowest BCUT2D eigenvalue weighted by Crippen LogP contribution is -2.47. The molecule has 5 atom stereocenters. The zero-order valence-corrected chi connectivity index (χ0v) is 14.8. The van der Waals surface area contributed by atoms with Gasteiger partial charge in [0.1, 0.15) is 12.1 Å². The maximum absolute atomic E-state index is 12.7. The van der Waals surface area contributed by atoms with Crippen LogP contribution in [0.15, 0.2) is 0 Å². The number of carbonyl (C=O) groups excluding carboxylic acids is 2. The number of rotatable bonds is 2. The second-order valence-corrected chi connectivity index (χ2v) is 9.44. The van der Waals surface area contributed by atoms with Gasteiger partial charge in [0.2, 0.25) is 5.91 Å². The average molecular weight is 337 g/mol. The predicted octanol–water partition coefficient (Wildman–Crippen LogP) is 3.34. The largest absolute Gasteiger partial charge is 0.461 e. The molecule has 2 saturated heterocycles. The number of hydrogen-bond acceptors (Lipinski definition) is 4. The molecule has 0 radical (unpaired) electrons. The second kappa shape index (κ2) is 5.98. The summed E-state index contributed by atoms with van der Waals surface area (Å²) in [6, 6.07) is -0.357. The molecule has 0 bridgehead atoms. The monoisotopic (exact) mass is 337 g/mol. The van der Waals surface area contributed by atoms with Crippen molar-refractivity contribution >= 4 is 23.6 Å².